The van der Waals surface area contributed by atoms with Crippen molar-refractivity contribution in [2.24, 2.45) is 5.73 Å². The molecule has 6 nitrogen and oxygen atoms in total. The zero-order valence-corrected chi connectivity index (χ0v) is 16.3. The number of hydrogen-bond acceptors (Lipinski definition) is 4. The highest BCUT2D eigenvalue weighted by atomic mass is 35.5. The van der Waals surface area contributed by atoms with Gasteiger partial charge in [-0.05, 0) is 29.8 Å². The number of amides is 2. The van der Waals surface area contributed by atoms with Crippen molar-refractivity contribution in [1.82, 2.24) is 15.2 Å². The van der Waals surface area contributed by atoms with Crippen molar-refractivity contribution >= 4 is 36.6 Å². The van der Waals surface area contributed by atoms with Gasteiger partial charge in [0.1, 0.15) is 5.82 Å². The third-order valence-electron chi connectivity index (χ3n) is 3.63. The number of rotatable bonds is 8. The topological polar surface area (TPSA) is 88.3 Å². The molecule has 2 amide bonds. The largest absolute Gasteiger partial charge is 0.346 e. The Kier molecular flexibility index (Phi) is 12.0. The lowest BCUT2D eigenvalue weighted by molar-refractivity contribution is -0.133. The Balaban J connectivity index is 0.00000338. The van der Waals surface area contributed by atoms with Crippen LogP contribution in [0, 0.1) is 5.82 Å². The van der Waals surface area contributed by atoms with Gasteiger partial charge in [0, 0.05) is 31.4 Å². The number of nitrogens with zero attached hydrogens (tertiary/aromatic N) is 2. The summed E-state index contributed by atoms with van der Waals surface area (Å²) in [5, 5.41) is 2.47. The van der Waals surface area contributed by atoms with Crippen LogP contribution in [0.15, 0.2) is 48.7 Å². The Hall–Kier alpha value is -2.22. The zero-order chi connectivity index (χ0) is 18.1. The van der Waals surface area contributed by atoms with E-state index in [0.717, 1.165) is 11.3 Å². The molecule has 0 atom stereocenters. The number of pyridine rings is 1. The Morgan fingerprint density at radius 2 is 1.81 bits per heavy atom. The van der Waals surface area contributed by atoms with Crippen LogP contribution in [0.3, 0.4) is 0 Å². The van der Waals surface area contributed by atoms with E-state index in [1.165, 1.54) is 12.1 Å². The van der Waals surface area contributed by atoms with E-state index in [0.29, 0.717) is 19.5 Å². The van der Waals surface area contributed by atoms with Gasteiger partial charge in [0.25, 0.3) is 0 Å². The van der Waals surface area contributed by atoms with Gasteiger partial charge >= 0.3 is 0 Å². The van der Waals surface area contributed by atoms with Crippen molar-refractivity contribution in [3.8, 4) is 0 Å². The molecule has 1 heterocycles. The SMILES string of the molecule is Cl.Cl.NCC(=O)NCC(=O)N(CCc1ccccn1)Cc1ccc(F)cc1. The Bertz CT molecular complexity index is 702. The van der Waals surface area contributed by atoms with Gasteiger partial charge in [-0.15, -0.1) is 24.8 Å². The van der Waals surface area contributed by atoms with Crippen molar-refractivity contribution in [2.75, 3.05) is 19.6 Å². The molecule has 0 radical (unpaired) electrons. The van der Waals surface area contributed by atoms with E-state index in [9.17, 15) is 14.0 Å². The van der Waals surface area contributed by atoms with Crippen molar-refractivity contribution in [2.45, 2.75) is 13.0 Å². The molecule has 27 heavy (non-hydrogen) atoms. The molecule has 9 heteroatoms. The average Bonchev–Trinajstić information content (AvgIpc) is 2.65. The maximum absolute atomic E-state index is 13.1. The first kappa shape index (κ1) is 24.8. The Morgan fingerprint density at radius 1 is 1.11 bits per heavy atom. The third kappa shape index (κ3) is 8.81. The summed E-state index contributed by atoms with van der Waals surface area (Å²) in [6.45, 7) is 0.467. The highest BCUT2D eigenvalue weighted by Crippen LogP contribution is 2.08. The standard InChI is InChI=1S/C18H21FN4O2.2ClH/c19-15-6-4-14(5-7-15)13-23(18(25)12-22-17(24)11-20)10-8-16-3-1-2-9-21-16;;/h1-7,9H,8,10-13,20H2,(H,22,24);2*1H. The monoisotopic (exact) mass is 416 g/mol. The van der Waals surface area contributed by atoms with E-state index in [-0.39, 0.29) is 55.5 Å². The quantitative estimate of drug-likeness (QED) is 0.685. The normalized spacial score (nSPS) is 9.56. The fourth-order valence-electron chi connectivity index (χ4n) is 2.26. The lowest BCUT2D eigenvalue weighted by atomic mass is 10.2. The van der Waals surface area contributed by atoms with Gasteiger partial charge in [-0.1, -0.05) is 18.2 Å². The summed E-state index contributed by atoms with van der Waals surface area (Å²) in [4.78, 5) is 29.5. The fraction of sp³-hybridized carbons (Fsp3) is 0.278. The zero-order valence-electron chi connectivity index (χ0n) is 14.6. The minimum atomic E-state index is -0.389. The van der Waals surface area contributed by atoms with E-state index in [2.05, 4.69) is 10.3 Å². The van der Waals surface area contributed by atoms with Crippen LogP contribution in [0.2, 0.25) is 0 Å². The summed E-state index contributed by atoms with van der Waals surface area (Å²) < 4.78 is 13.1. The van der Waals surface area contributed by atoms with E-state index in [4.69, 9.17) is 5.73 Å². The van der Waals surface area contributed by atoms with Gasteiger partial charge in [-0.2, -0.15) is 0 Å². The van der Waals surface area contributed by atoms with Gasteiger partial charge < -0.3 is 16.0 Å². The van der Waals surface area contributed by atoms with Gasteiger partial charge in [-0.25, -0.2) is 4.39 Å². The molecular formula is C18H23Cl2FN4O2. The number of nitrogens with two attached hydrogens (primary N) is 1. The molecule has 0 aliphatic carbocycles. The van der Waals surface area contributed by atoms with Gasteiger partial charge in [-0.3, -0.25) is 14.6 Å². The van der Waals surface area contributed by atoms with Crippen LogP contribution in [0.5, 0.6) is 0 Å². The number of aromatic nitrogens is 1. The summed E-state index contributed by atoms with van der Waals surface area (Å²) in [6.07, 6.45) is 2.28. The van der Waals surface area contributed by atoms with Crippen molar-refractivity contribution in [3.63, 3.8) is 0 Å². The molecule has 0 fully saturated rings. The minimum Gasteiger partial charge on any atom is -0.346 e. The summed E-state index contributed by atoms with van der Waals surface area (Å²) >= 11 is 0. The van der Waals surface area contributed by atoms with E-state index >= 15 is 0 Å². The van der Waals surface area contributed by atoms with Crippen molar-refractivity contribution in [1.29, 1.82) is 0 Å². The molecule has 1 aromatic heterocycles. The molecule has 0 aliphatic heterocycles. The Morgan fingerprint density at radius 3 is 2.41 bits per heavy atom. The maximum atomic E-state index is 13.1. The summed E-state index contributed by atoms with van der Waals surface area (Å²) in [5.41, 5.74) is 6.90. The molecule has 0 unspecified atom stereocenters. The number of hydrogen-bond donors (Lipinski definition) is 2. The highest BCUT2D eigenvalue weighted by molar-refractivity contribution is 5.86. The number of benzene rings is 1. The second-order valence-corrected chi connectivity index (χ2v) is 5.49. The summed E-state index contributed by atoms with van der Waals surface area (Å²) in [7, 11) is 0. The molecule has 1 aromatic carbocycles. The predicted octanol–water partition coefficient (Wildman–Crippen LogP) is 1.71. The second kappa shape index (κ2) is 13.0. The lowest BCUT2D eigenvalue weighted by Gasteiger charge is -2.23. The van der Waals surface area contributed by atoms with E-state index < -0.39 is 0 Å². The number of halogens is 3. The van der Waals surface area contributed by atoms with Gasteiger partial charge in [0.05, 0.1) is 13.1 Å². The highest BCUT2D eigenvalue weighted by Gasteiger charge is 2.15. The smallest absolute Gasteiger partial charge is 0.242 e. The summed E-state index contributed by atoms with van der Waals surface area (Å²) in [6, 6.07) is 11.6. The molecule has 2 aromatic rings. The number of carbonyl (C=O) groups is 2. The third-order valence-corrected chi connectivity index (χ3v) is 3.63. The van der Waals surface area contributed by atoms with Crippen LogP contribution < -0.4 is 11.1 Å². The van der Waals surface area contributed by atoms with E-state index in [1.54, 1.807) is 23.2 Å². The number of carbonyl (C=O) groups excluding carboxylic acids is 2. The molecular weight excluding hydrogens is 394 g/mol. The molecule has 0 bridgehead atoms. The maximum Gasteiger partial charge on any atom is 0.242 e. The molecule has 0 saturated heterocycles. The minimum absolute atomic E-state index is 0. The Labute approximate surface area is 170 Å². The van der Waals surface area contributed by atoms with Crippen molar-refractivity contribution < 1.29 is 14.0 Å². The van der Waals surface area contributed by atoms with Crippen LogP contribution in [0.1, 0.15) is 11.3 Å². The van der Waals surface area contributed by atoms with Crippen LogP contribution in [0.25, 0.3) is 0 Å². The van der Waals surface area contributed by atoms with Crippen LogP contribution in [-0.4, -0.2) is 41.3 Å². The first-order chi connectivity index (χ1) is 12.1. The lowest BCUT2D eigenvalue weighted by Crippen LogP contribution is -2.42. The molecule has 148 valence electrons. The second-order valence-electron chi connectivity index (χ2n) is 5.49. The first-order valence-electron chi connectivity index (χ1n) is 7.97. The van der Waals surface area contributed by atoms with Gasteiger partial charge in [0.15, 0.2) is 0 Å². The molecule has 3 N–H and O–H groups in total. The first-order valence-corrected chi connectivity index (χ1v) is 7.97. The molecule has 0 saturated carbocycles. The fourth-order valence-corrected chi connectivity index (χ4v) is 2.26. The van der Waals surface area contributed by atoms with Crippen LogP contribution >= 0.6 is 24.8 Å². The summed E-state index contributed by atoms with van der Waals surface area (Å²) in [5.74, 6) is -0.952. The molecule has 0 spiro atoms. The van der Waals surface area contributed by atoms with Gasteiger partial charge in [0.2, 0.25) is 11.8 Å². The van der Waals surface area contributed by atoms with Crippen molar-refractivity contribution in [3.05, 3.63) is 65.7 Å². The van der Waals surface area contributed by atoms with E-state index in [1.807, 2.05) is 18.2 Å². The molecule has 0 aliphatic rings. The average molecular weight is 417 g/mol. The predicted molar refractivity (Wildman–Crippen MR) is 106 cm³/mol. The number of nitrogens with one attached hydrogen (secondary N) is 1. The molecule has 2 rings (SSSR count). The van der Waals surface area contributed by atoms with Crippen LogP contribution in [-0.2, 0) is 22.6 Å². The van der Waals surface area contributed by atoms with Crippen LogP contribution in [0.4, 0.5) is 4.39 Å².